The van der Waals surface area contributed by atoms with Crippen molar-refractivity contribution in [2.45, 2.75) is 20.8 Å². The first-order valence-electron chi connectivity index (χ1n) is 10.1. The summed E-state index contributed by atoms with van der Waals surface area (Å²) in [5.74, 6) is 0.973. The van der Waals surface area contributed by atoms with Gasteiger partial charge in [0, 0.05) is 38.1 Å². The maximum Gasteiger partial charge on any atom is 0.310 e. The standard InChI is InChI=1S/C22H28N4O3S/c1-14-5-6-15-16(11-14)23-19(18-17(29-4)12-30-20(18)24-15)26-9-7-25(8-10-26)13-22(2,3)21(27)28/h5-6,11-12,24H,7-10,13H2,1-4H3,(H,27,28). The van der Waals surface area contributed by atoms with Crippen LogP contribution < -0.4 is 10.1 Å². The van der Waals surface area contributed by atoms with Crippen molar-refractivity contribution in [2.24, 2.45) is 10.4 Å². The molecule has 1 aromatic heterocycles. The van der Waals surface area contributed by atoms with Crippen LogP contribution >= 0.6 is 11.3 Å². The van der Waals surface area contributed by atoms with Crippen molar-refractivity contribution in [3.8, 4) is 5.75 Å². The number of carbonyl (C=O) groups is 1. The Hall–Kier alpha value is -2.58. The zero-order chi connectivity index (χ0) is 21.5. The summed E-state index contributed by atoms with van der Waals surface area (Å²) < 4.78 is 5.65. The van der Waals surface area contributed by atoms with E-state index in [9.17, 15) is 9.90 Å². The van der Waals surface area contributed by atoms with Gasteiger partial charge in [-0.1, -0.05) is 6.07 Å². The van der Waals surface area contributed by atoms with E-state index in [4.69, 9.17) is 9.73 Å². The zero-order valence-electron chi connectivity index (χ0n) is 17.9. The molecule has 7 nitrogen and oxygen atoms in total. The van der Waals surface area contributed by atoms with E-state index >= 15 is 0 Å². The molecule has 8 heteroatoms. The highest BCUT2D eigenvalue weighted by Crippen LogP contribution is 2.43. The summed E-state index contributed by atoms with van der Waals surface area (Å²) in [4.78, 5) is 21.1. The molecule has 0 saturated carbocycles. The van der Waals surface area contributed by atoms with Gasteiger partial charge in [0.1, 0.15) is 16.6 Å². The second-order valence-corrected chi connectivity index (χ2v) is 9.42. The van der Waals surface area contributed by atoms with Crippen molar-refractivity contribution >= 4 is 39.5 Å². The Labute approximate surface area is 181 Å². The third kappa shape index (κ3) is 3.89. The van der Waals surface area contributed by atoms with E-state index < -0.39 is 11.4 Å². The Morgan fingerprint density at radius 2 is 2.03 bits per heavy atom. The molecule has 0 aliphatic carbocycles. The van der Waals surface area contributed by atoms with Gasteiger partial charge >= 0.3 is 5.97 Å². The molecule has 0 radical (unpaired) electrons. The number of carboxylic acids is 1. The van der Waals surface area contributed by atoms with Gasteiger partial charge in [-0.25, -0.2) is 4.99 Å². The second-order valence-electron chi connectivity index (χ2n) is 8.54. The highest BCUT2D eigenvalue weighted by atomic mass is 32.1. The van der Waals surface area contributed by atoms with Gasteiger partial charge in [0.2, 0.25) is 0 Å². The average molecular weight is 429 g/mol. The van der Waals surface area contributed by atoms with Crippen LogP contribution in [0.5, 0.6) is 5.75 Å². The average Bonchev–Trinajstić information content (AvgIpc) is 3.03. The number of ether oxygens (including phenoxy) is 1. The van der Waals surface area contributed by atoms with E-state index in [-0.39, 0.29) is 0 Å². The van der Waals surface area contributed by atoms with Crippen LogP contribution in [0.4, 0.5) is 16.4 Å². The number of aliphatic imine (C=N–C) groups is 1. The predicted molar refractivity (Wildman–Crippen MR) is 121 cm³/mol. The maximum absolute atomic E-state index is 11.5. The van der Waals surface area contributed by atoms with Crippen LogP contribution in [-0.4, -0.2) is 66.5 Å². The molecule has 1 saturated heterocycles. The van der Waals surface area contributed by atoms with Crippen LogP contribution in [0.15, 0.2) is 28.6 Å². The molecule has 1 fully saturated rings. The van der Waals surface area contributed by atoms with Crippen molar-refractivity contribution in [3.05, 3.63) is 34.7 Å². The molecule has 30 heavy (non-hydrogen) atoms. The van der Waals surface area contributed by atoms with Crippen molar-refractivity contribution in [3.63, 3.8) is 0 Å². The van der Waals surface area contributed by atoms with Crippen molar-refractivity contribution < 1.29 is 14.6 Å². The van der Waals surface area contributed by atoms with Crippen LogP contribution in [0.3, 0.4) is 0 Å². The number of aryl methyl sites for hydroxylation is 1. The fourth-order valence-corrected chi connectivity index (χ4v) is 4.82. The van der Waals surface area contributed by atoms with Crippen molar-refractivity contribution in [2.75, 3.05) is 45.2 Å². The summed E-state index contributed by atoms with van der Waals surface area (Å²) >= 11 is 1.62. The molecule has 2 N–H and O–H groups in total. The number of methoxy groups -OCH3 is 1. The SMILES string of the molecule is COc1csc2c1C(N1CCN(CC(C)(C)C(=O)O)CC1)=Nc1cc(C)ccc1N2. The number of hydrogen-bond donors (Lipinski definition) is 2. The molecule has 4 rings (SSSR count). The fourth-order valence-electron chi connectivity index (χ4n) is 3.90. The lowest BCUT2D eigenvalue weighted by atomic mass is 9.93. The van der Waals surface area contributed by atoms with E-state index in [0.717, 1.165) is 65.3 Å². The summed E-state index contributed by atoms with van der Waals surface area (Å²) in [5.41, 5.74) is 3.31. The summed E-state index contributed by atoms with van der Waals surface area (Å²) in [6.45, 7) is 9.34. The summed E-state index contributed by atoms with van der Waals surface area (Å²) in [6, 6.07) is 6.25. The lowest BCUT2D eigenvalue weighted by Crippen LogP contribution is -2.52. The first-order chi connectivity index (χ1) is 14.3. The van der Waals surface area contributed by atoms with Gasteiger partial charge in [-0.3, -0.25) is 9.69 Å². The minimum Gasteiger partial charge on any atom is -0.495 e. The molecule has 2 aliphatic heterocycles. The molecule has 0 spiro atoms. The molecule has 160 valence electrons. The number of nitrogens with one attached hydrogen (secondary N) is 1. The van der Waals surface area contributed by atoms with Gasteiger partial charge < -0.3 is 20.1 Å². The summed E-state index contributed by atoms with van der Waals surface area (Å²) in [5, 5.41) is 16.0. The predicted octanol–water partition coefficient (Wildman–Crippen LogP) is 3.93. The van der Waals surface area contributed by atoms with Gasteiger partial charge in [-0.2, -0.15) is 0 Å². The maximum atomic E-state index is 11.5. The molecule has 0 unspecified atom stereocenters. The normalized spacial score (nSPS) is 16.8. The van der Waals surface area contributed by atoms with Gasteiger partial charge in [0.25, 0.3) is 0 Å². The van der Waals surface area contributed by atoms with Crippen molar-refractivity contribution in [1.82, 2.24) is 9.80 Å². The van der Waals surface area contributed by atoms with Gasteiger partial charge in [-0.15, -0.1) is 11.3 Å². The quantitative estimate of drug-likeness (QED) is 0.768. The lowest BCUT2D eigenvalue weighted by molar-refractivity contribution is -0.148. The lowest BCUT2D eigenvalue weighted by Gasteiger charge is -2.38. The van der Waals surface area contributed by atoms with Crippen LogP contribution in [0.2, 0.25) is 0 Å². The van der Waals surface area contributed by atoms with Crippen LogP contribution in [0.1, 0.15) is 25.0 Å². The monoisotopic (exact) mass is 428 g/mol. The Morgan fingerprint density at radius 1 is 1.30 bits per heavy atom. The zero-order valence-corrected chi connectivity index (χ0v) is 18.7. The first kappa shape index (κ1) is 20.7. The Balaban J connectivity index is 1.63. The van der Waals surface area contributed by atoms with Crippen LogP contribution in [0, 0.1) is 12.3 Å². The number of carboxylic acid groups (broad SMARTS) is 1. The minimum absolute atomic E-state index is 0.541. The highest BCUT2D eigenvalue weighted by molar-refractivity contribution is 7.15. The number of thiophene rings is 1. The molecule has 1 aromatic carbocycles. The molecule has 0 atom stereocenters. The Morgan fingerprint density at radius 3 is 2.70 bits per heavy atom. The summed E-state index contributed by atoms with van der Waals surface area (Å²) in [7, 11) is 1.69. The smallest absolute Gasteiger partial charge is 0.310 e. The number of piperazine rings is 1. The van der Waals surface area contributed by atoms with E-state index in [1.807, 2.05) is 5.38 Å². The van der Waals surface area contributed by atoms with Gasteiger partial charge in [0.15, 0.2) is 0 Å². The number of nitrogens with zero attached hydrogens (tertiary/aromatic N) is 3. The third-order valence-corrected chi connectivity index (χ3v) is 6.57. The van der Waals surface area contributed by atoms with Crippen molar-refractivity contribution in [1.29, 1.82) is 0 Å². The number of benzene rings is 1. The first-order valence-corrected chi connectivity index (χ1v) is 11.0. The number of fused-ring (bicyclic) bond motifs is 2. The van der Waals surface area contributed by atoms with E-state index in [0.29, 0.717) is 6.54 Å². The number of aliphatic carboxylic acids is 1. The molecule has 2 aromatic rings. The minimum atomic E-state index is -0.760. The molecule has 2 aliphatic rings. The topological polar surface area (TPSA) is 77.4 Å². The van der Waals surface area contributed by atoms with Gasteiger partial charge in [-0.05, 0) is 38.5 Å². The molecule has 0 bridgehead atoms. The Kier molecular flexibility index (Phi) is 5.46. The highest BCUT2D eigenvalue weighted by Gasteiger charge is 2.33. The molecular formula is C22H28N4O3S. The third-order valence-electron chi connectivity index (χ3n) is 5.70. The molecule has 0 amide bonds. The van der Waals surface area contributed by atoms with Crippen LogP contribution in [-0.2, 0) is 4.79 Å². The second kappa shape index (κ2) is 7.92. The molecule has 3 heterocycles. The van der Waals surface area contributed by atoms with Crippen LogP contribution in [0.25, 0.3) is 0 Å². The number of hydrogen-bond acceptors (Lipinski definition) is 7. The largest absolute Gasteiger partial charge is 0.495 e. The Bertz CT molecular complexity index is 990. The molecular weight excluding hydrogens is 400 g/mol. The summed E-state index contributed by atoms with van der Waals surface area (Å²) in [6.07, 6.45) is 0. The van der Waals surface area contributed by atoms with Gasteiger partial charge in [0.05, 0.1) is 29.5 Å². The van der Waals surface area contributed by atoms with E-state index in [2.05, 4.69) is 40.2 Å². The number of anilines is 2. The number of amidine groups is 1. The van der Waals surface area contributed by atoms with E-state index in [1.54, 1.807) is 32.3 Å². The fraction of sp³-hybridized carbons (Fsp3) is 0.455. The number of rotatable bonds is 4. The van der Waals surface area contributed by atoms with E-state index in [1.165, 1.54) is 0 Å².